The molecule has 2 aliphatic carbocycles. The highest BCUT2D eigenvalue weighted by molar-refractivity contribution is 6.37. The van der Waals surface area contributed by atoms with Crippen molar-refractivity contribution in [2.45, 2.75) is 38.5 Å². The first-order valence-electron chi connectivity index (χ1n) is 42.7. The van der Waals surface area contributed by atoms with Crippen molar-refractivity contribution in [2.75, 3.05) is 4.90 Å². The second-order valence-corrected chi connectivity index (χ2v) is 34.5. The van der Waals surface area contributed by atoms with Gasteiger partial charge in [-0.2, -0.15) is 0 Å². The molecule has 24 aromatic rings. The van der Waals surface area contributed by atoms with E-state index in [0.717, 1.165) is 34.1 Å². The summed E-state index contributed by atoms with van der Waals surface area (Å²) in [6.07, 6.45) is 0. The molecular formula is C118H80N4. The third-order valence-electron chi connectivity index (χ3n) is 27.4. The van der Waals surface area contributed by atoms with E-state index in [0.29, 0.717) is 0 Å². The first kappa shape index (κ1) is 69.7. The quantitative estimate of drug-likeness (QED) is 0.139. The lowest BCUT2D eigenvalue weighted by molar-refractivity contribution is 0.661. The Morgan fingerprint density at radius 2 is 0.492 bits per heavy atom. The highest BCUT2D eigenvalue weighted by atomic mass is 15.1. The first-order valence-corrected chi connectivity index (χ1v) is 42.7. The minimum atomic E-state index is -0.116. The summed E-state index contributed by atoms with van der Waals surface area (Å²) in [5.41, 5.74) is 29.7. The van der Waals surface area contributed by atoms with E-state index < -0.39 is 0 Å². The van der Waals surface area contributed by atoms with Crippen LogP contribution in [0, 0.1) is 0 Å². The van der Waals surface area contributed by atoms with E-state index in [9.17, 15) is 0 Å². The Morgan fingerprint density at radius 1 is 0.180 bits per heavy atom. The Kier molecular flexibility index (Phi) is 15.2. The van der Waals surface area contributed by atoms with Gasteiger partial charge in [-0.3, -0.25) is 0 Å². The molecule has 26 rings (SSSR count). The maximum Gasteiger partial charge on any atom is 0.0547 e. The van der Waals surface area contributed by atoms with Crippen LogP contribution in [-0.4, -0.2) is 13.7 Å². The van der Waals surface area contributed by atoms with Gasteiger partial charge in [0, 0.05) is 88.0 Å². The molecule has 122 heavy (non-hydrogen) atoms. The minimum Gasteiger partial charge on any atom is -0.311 e. The standard InChI is InChI=1S/C61H40N2.C57H40N2/c1-61(2)52-21-11-9-18-46(52)50-35-51-57(36-53(50)61)63(56-34-32-48-45-17-6-5-15-43(45)44-16-7-8-19-47(44)59(48)60(51)56)41-30-25-38(26-31-41)37-23-28-40(29-24-37)62-54-22-12-10-20-49(54)58-42-14-4-3-13-39(42)27-33-55(58)62;1-57(2)51-24-14-13-22-46(51)49-35-50-54(36-52(49)57)59(53-34-33-48-45-21-10-9-19-43(45)44-20-11-12-23-47(44)55(48)56(50)53)42-31-27-38(28-32-42)37-25-29-41(30-26-37)58(39-15-5-3-6-16-39)40-17-7-4-8-18-40/h3-36H,1-2H3;3-36H,1-2H3. The lowest BCUT2D eigenvalue weighted by Crippen LogP contribution is -2.14. The number of para-hydroxylation sites is 3. The number of fused-ring (bicyclic) bond motifs is 31. The molecule has 0 N–H and O–H groups in total. The third-order valence-corrected chi connectivity index (χ3v) is 27.4. The molecule has 0 spiro atoms. The molecule has 572 valence electrons. The zero-order valence-corrected chi connectivity index (χ0v) is 68.0. The molecule has 0 unspecified atom stereocenters. The SMILES string of the molecule is CC1(C)c2ccccc2-c2cc3c4c5c6ccccc6c6ccccc6c5ccc4n(-c4ccc(-c5ccc(-n6c7ccccc7c7c8ccccc8ccc76)cc5)cc4)c3cc21.CC1(C)c2ccccc2-c2cc3c4c5c6ccccc6c6ccccc6c5ccc4n(-c4ccc(-c5ccc(N(c6ccccc6)c6ccccc6)cc5)cc4)c3cc21. The van der Waals surface area contributed by atoms with E-state index in [4.69, 9.17) is 0 Å². The Bertz CT molecular complexity index is 8400. The van der Waals surface area contributed by atoms with E-state index in [-0.39, 0.29) is 10.8 Å². The predicted molar refractivity (Wildman–Crippen MR) is 519 cm³/mol. The van der Waals surface area contributed by atoms with E-state index in [1.54, 1.807) is 0 Å². The fourth-order valence-electron chi connectivity index (χ4n) is 21.8. The molecule has 0 fully saturated rings. The van der Waals surface area contributed by atoms with Crippen molar-refractivity contribution < 1.29 is 0 Å². The molecule has 0 bridgehead atoms. The fraction of sp³-hybridized carbons (Fsp3) is 0.0508. The van der Waals surface area contributed by atoms with Crippen molar-refractivity contribution in [1.29, 1.82) is 0 Å². The number of rotatable bonds is 8. The Labute approximate surface area is 706 Å². The molecule has 21 aromatic carbocycles. The molecular weight excluding hydrogens is 1470 g/mol. The first-order chi connectivity index (χ1) is 60.1. The van der Waals surface area contributed by atoms with Crippen LogP contribution in [0.15, 0.2) is 413 Å². The van der Waals surface area contributed by atoms with Gasteiger partial charge in [-0.15, -0.1) is 0 Å². The zero-order chi connectivity index (χ0) is 80.8. The molecule has 0 amide bonds. The molecule has 0 saturated heterocycles. The Balaban J connectivity index is 0.000000135. The third kappa shape index (κ3) is 10.2. The van der Waals surface area contributed by atoms with E-state index in [2.05, 4.69) is 459 Å². The van der Waals surface area contributed by atoms with Crippen molar-refractivity contribution in [2.24, 2.45) is 0 Å². The van der Waals surface area contributed by atoms with Crippen LogP contribution in [0.3, 0.4) is 0 Å². The highest BCUT2D eigenvalue weighted by Crippen LogP contribution is 2.56. The van der Waals surface area contributed by atoms with Crippen molar-refractivity contribution in [1.82, 2.24) is 13.7 Å². The lowest BCUT2D eigenvalue weighted by atomic mass is 9.82. The zero-order valence-electron chi connectivity index (χ0n) is 68.0. The van der Waals surface area contributed by atoms with Crippen LogP contribution >= 0.6 is 0 Å². The molecule has 4 nitrogen and oxygen atoms in total. The smallest absolute Gasteiger partial charge is 0.0547 e. The molecule has 4 heteroatoms. The average molecular weight is 1550 g/mol. The molecule has 0 aliphatic heterocycles. The largest absolute Gasteiger partial charge is 0.311 e. The summed E-state index contributed by atoms with van der Waals surface area (Å²) in [6, 6.07) is 153. The summed E-state index contributed by atoms with van der Waals surface area (Å²) in [5.74, 6) is 0. The minimum absolute atomic E-state index is 0.112. The van der Waals surface area contributed by atoms with Crippen LogP contribution in [-0.2, 0) is 10.8 Å². The van der Waals surface area contributed by atoms with Gasteiger partial charge in [-0.1, -0.05) is 319 Å². The van der Waals surface area contributed by atoms with Crippen molar-refractivity contribution in [3.8, 4) is 61.6 Å². The topological polar surface area (TPSA) is 18.0 Å². The summed E-state index contributed by atoms with van der Waals surface area (Å²) < 4.78 is 7.45. The van der Waals surface area contributed by atoms with Crippen molar-refractivity contribution >= 4 is 158 Å². The molecule has 2 aliphatic rings. The van der Waals surface area contributed by atoms with Gasteiger partial charge in [-0.25, -0.2) is 0 Å². The molecule has 0 saturated carbocycles. The van der Waals surface area contributed by atoms with Crippen molar-refractivity contribution in [3.05, 3.63) is 435 Å². The van der Waals surface area contributed by atoms with Crippen LogP contribution in [0.25, 0.3) is 202 Å². The number of hydrogen-bond donors (Lipinski definition) is 0. The summed E-state index contributed by atoms with van der Waals surface area (Å²) in [6.45, 7) is 9.53. The molecule has 0 atom stereocenters. The number of anilines is 3. The second-order valence-electron chi connectivity index (χ2n) is 34.5. The number of aromatic nitrogens is 3. The van der Waals surface area contributed by atoms with Crippen LogP contribution < -0.4 is 4.90 Å². The van der Waals surface area contributed by atoms with Gasteiger partial charge < -0.3 is 18.6 Å². The van der Waals surface area contributed by atoms with Gasteiger partial charge >= 0.3 is 0 Å². The Morgan fingerprint density at radius 3 is 0.926 bits per heavy atom. The fourth-order valence-corrected chi connectivity index (χ4v) is 21.8. The molecule has 0 radical (unpaired) electrons. The van der Waals surface area contributed by atoms with Crippen molar-refractivity contribution in [3.63, 3.8) is 0 Å². The summed E-state index contributed by atoms with van der Waals surface area (Å²) in [5, 5.41) is 25.9. The molecule has 3 heterocycles. The summed E-state index contributed by atoms with van der Waals surface area (Å²) >= 11 is 0. The van der Waals surface area contributed by atoms with Crippen LogP contribution in [0.2, 0.25) is 0 Å². The monoisotopic (exact) mass is 1550 g/mol. The van der Waals surface area contributed by atoms with E-state index in [1.165, 1.54) is 208 Å². The van der Waals surface area contributed by atoms with Gasteiger partial charge in [0.2, 0.25) is 0 Å². The highest BCUT2D eigenvalue weighted by Gasteiger charge is 2.39. The lowest BCUT2D eigenvalue weighted by Gasteiger charge is -2.25. The van der Waals surface area contributed by atoms with Crippen LogP contribution in [0.5, 0.6) is 0 Å². The Hall–Kier alpha value is -15.4. The van der Waals surface area contributed by atoms with E-state index >= 15 is 0 Å². The number of benzene rings is 21. The summed E-state index contributed by atoms with van der Waals surface area (Å²) in [7, 11) is 0. The average Bonchev–Trinajstić information content (AvgIpc) is 1.52. The predicted octanol–water partition coefficient (Wildman–Crippen LogP) is 32.2. The van der Waals surface area contributed by atoms with Crippen LogP contribution in [0.1, 0.15) is 49.9 Å². The van der Waals surface area contributed by atoms with E-state index in [1.807, 2.05) is 0 Å². The van der Waals surface area contributed by atoms with Gasteiger partial charge in [-0.05, 0) is 253 Å². The van der Waals surface area contributed by atoms with Gasteiger partial charge in [0.25, 0.3) is 0 Å². The maximum atomic E-state index is 2.52. The van der Waals surface area contributed by atoms with Gasteiger partial charge in [0.15, 0.2) is 0 Å². The second kappa shape index (κ2) is 26.6. The number of nitrogens with zero attached hydrogens (tertiary/aromatic N) is 4. The van der Waals surface area contributed by atoms with Gasteiger partial charge in [0.1, 0.15) is 0 Å². The van der Waals surface area contributed by atoms with Crippen LogP contribution in [0.4, 0.5) is 17.1 Å². The normalized spacial score (nSPS) is 13.2. The number of hydrogen-bond acceptors (Lipinski definition) is 1. The van der Waals surface area contributed by atoms with Gasteiger partial charge in [0.05, 0.1) is 33.1 Å². The summed E-state index contributed by atoms with van der Waals surface area (Å²) in [4.78, 5) is 2.31. The maximum absolute atomic E-state index is 2.52. The molecule has 3 aromatic heterocycles.